The molecule has 0 spiro atoms. The van der Waals surface area contributed by atoms with Gasteiger partial charge in [-0.2, -0.15) is 0 Å². The Bertz CT molecular complexity index is 1010. The lowest BCUT2D eigenvalue weighted by Gasteiger charge is -2.43. The van der Waals surface area contributed by atoms with Crippen LogP contribution in [-0.2, 0) is 19.3 Å². The maximum absolute atomic E-state index is 2.80. The molecule has 6 rings (SSSR count). The van der Waals surface area contributed by atoms with Gasteiger partial charge in [0, 0.05) is 0 Å². The van der Waals surface area contributed by atoms with Crippen LogP contribution in [0, 0.1) is 24.2 Å². The first-order valence-corrected chi connectivity index (χ1v) is 11.3. The van der Waals surface area contributed by atoms with E-state index in [9.17, 15) is 0 Å². The molecule has 0 bridgehead atoms. The Hall–Kier alpha value is -2.08. The van der Waals surface area contributed by atoms with Gasteiger partial charge in [-0.3, -0.25) is 0 Å². The second kappa shape index (κ2) is 6.76. The number of aryl methyl sites for hydroxylation is 1. The molecule has 0 amide bonds. The Kier molecular flexibility index (Phi) is 4.07. The van der Waals surface area contributed by atoms with Crippen LogP contribution in [0.15, 0.2) is 60.7 Å². The van der Waals surface area contributed by atoms with Crippen molar-refractivity contribution in [2.75, 3.05) is 0 Å². The molecular formula is C28H29. The Balaban J connectivity index is 1.30. The summed E-state index contributed by atoms with van der Waals surface area (Å²) in [4.78, 5) is 0. The van der Waals surface area contributed by atoms with Crippen LogP contribution in [0.4, 0.5) is 0 Å². The molecule has 1 saturated carbocycles. The number of hydrogen-bond acceptors (Lipinski definition) is 0. The lowest BCUT2D eigenvalue weighted by Crippen LogP contribution is -2.35. The fourth-order valence-corrected chi connectivity index (χ4v) is 6.49. The van der Waals surface area contributed by atoms with Gasteiger partial charge >= 0.3 is 0 Å². The highest BCUT2D eigenvalue weighted by Gasteiger charge is 2.38. The van der Waals surface area contributed by atoms with Crippen molar-refractivity contribution in [3.63, 3.8) is 0 Å². The first-order valence-electron chi connectivity index (χ1n) is 11.3. The monoisotopic (exact) mass is 365 g/mol. The highest BCUT2D eigenvalue weighted by atomic mass is 14.4. The summed E-state index contributed by atoms with van der Waals surface area (Å²) in [5.41, 5.74) is 6.51. The van der Waals surface area contributed by atoms with Crippen LogP contribution in [0.2, 0.25) is 0 Å². The topological polar surface area (TPSA) is 0 Å². The maximum atomic E-state index is 2.80. The molecule has 0 aromatic heterocycles. The molecule has 3 aromatic rings. The fraction of sp³-hybridized carbons (Fsp3) is 0.393. The minimum absolute atomic E-state index is 0.742. The van der Waals surface area contributed by atoms with Gasteiger partial charge in [-0.25, -0.2) is 0 Å². The number of rotatable bonds is 1. The van der Waals surface area contributed by atoms with Gasteiger partial charge < -0.3 is 0 Å². The summed E-state index contributed by atoms with van der Waals surface area (Å²) in [6.07, 6.45) is 12.2. The molecule has 3 aliphatic carbocycles. The average Bonchev–Trinajstić information content (AvgIpc) is 2.75. The zero-order chi connectivity index (χ0) is 18.5. The van der Waals surface area contributed by atoms with E-state index in [2.05, 4.69) is 67.1 Å². The van der Waals surface area contributed by atoms with E-state index in [-0.39, 0.29) is 0 Å². The van der Waals surface area contributed by atoms with Crippen LogP contribution < -0.4 is 0 Å². The summed E-state index contributed by atoms with van der Waals surface area (Å²) >= 11 is 0. The van der Waals surface area contributed by atoms with Gasteiger partial charge in [0.1, 0.15) is 0 Å². The van der Waals surface area contributed by atoms with E-state index >= 15 is 0 Å². The Morgan fingerprint density at radius 1 is 0.643 bits per heavy atom. The quantitative estimate of drug-likeness (QED) is 0.440. The summed E-state index contributed by atoms with van der Waals surface area (Å²) in [7, 11) is 0. The number of benzene rings is 3. The predicted molar refractivity (Wildman–Crippen MR) is 117 cm³/mol. The van der Waals surface area contributed by atoms with Gasteiger partial charge in [-0.15, -0.1) is 0 Å². The smallest absolute Gasteiger partial charge is 0.0128 e. The minimum atomic E-state index is 0.742. The van der Waals surface area contributed by atoms with E-state index in [1.54, 1.807) is 22.3 Å². The van der Waals surface area contributed by atoms with Crippen LogP contribution in [0.3, 0.4) is 0 Å². The molecule has 0 aliphatic heterocycles. The second-order valence-electron chi connectivity index (χ2n) is 9.43. The van der Waals surface area contributed by atoms with E-state index in [1.807, 2.05) is 0 Å². The SMILES string of the molecule is [CH]1C2Cc3ccccc3CC2CCC1C1CCCc2cc3ccccc3cc21. The van der Waals surface area contributed by atoms with Crippen molar-refractivity contribution in [1.82, 2.24) is 0 Å². The van der Waals surface area contributed by atoms with Crippen molar-refractivity contribution in [2.24, 2.45) is 17.8 Å². The predicted octanol–water partition coefficient (Wildman–Crippen LogP) is 6.91. The molecule has 4 atom stereocenters. The van der Waals surface area contributed by atoms with Crippen LogP contribution >= 0.6 is 0 Å². The van der Waals surface area contributed by atoms with E-state index < -0.39 is 0 Å². The standard InChI is InChI=1S/C28H29/c1-2-8-21-16-26-17-25(13-12-23(26)14-19(21)6-1)27-11-5-10-24-15-20-7-3-4-9-22(20)18-28(24)27/h1-4,6-9,15,17-18,23,25-27H,5,10-14,16H2. The zero-order valence-corrected chi connectivity index (χ0v) is 16.6. The Morgan fingerprint density at radius 3 is 2.25 bits per heavy atom. The number of fused-ring (bicyclic) bond motifs is 4. The molecule has 141 valence electrons. The van der Waals surface area contributed by atoms with E-state index in [0.29, 0.717) is 0 Å². The van der Waals surface area contributed by atoms with Crippen molar-refractivity contribution < 1.29 is 0 Å². The molecule has 28 heavy (non-hydrogen) atoms. The van der Waals surface area contributed by atoms with Gasteiger partial charge in [0.2, 0.25) is 0 Å². The van der Waals surface area contributed by atoms with Crippen molar-refractivity contribution in [3.05, 3.63) is 89.3 Å². The van der Waals surface area contributed by atoms with Gasteiger partial charge in [0.05, 0.1) is 0 Å². The molecule has 0 heterocycles. The maximum Gasteiger partial charge on any atom is -0.0128 e. The Labute approximate surface area is 169 Å². The summed E-state index contributed by atoms with van der Waals surface area (Å²) in [5, 5.41) is 2.84. The fourth-order valence-electron chi connectivity index (χ4n) is 6.49. The van der Waals surface area contributed by atoms with E-state index in [0.717, 1.165) is 23.7 Å². The molecule has 0 nitrogen and oxygen atoms in total. The second-order valence-corrected chi connectivity index (χ2v) is 9.43. The van der Waals surface area contributed by atoms with Crippen molar-refractivity contribution in [1.29, 1.82) is 0 Å². The summed E-state index contributed by atoms with van der Waals surface area (Å²) in [5.74, 6) is 3.18. The third-order valence-corrected chi connectivity index (χ3v) is 7.91. The molecule has 1 radical (unpaired) electrons. The first-order chi connectivity index (χ1) is 13.8. The largest absolute Gasteiger partial charge is 0.0620 e. The molecule has 3 aliphatic rings. The third kappa shape index (κ3) is 2.81. The Morgan fingerprint density at radius 2 is 1.39 bits per heavy atom. The average molecular weight is 366 g/mol. The highest BCUT2D eigenvalue weighted by Crippen LogP contribution is 2.49. The normalized spacial score (nSPS) is 29.0. The van der Waals surface area contributed by atoms with Crippen molar-refractivity contribution >= 4 is 10.8 Å². The highest BCUT2D eigenvalue weighted by molar-refractivity contribution is 5.84. The molecule has 0 saturated heterocycles. The van der Waals surface area contributed by atoms with Gasteiger partial charge in [0.25, 0.3) is 0 Å². The molecule has 3 aromatic carbocycles. The van der Waals surface area contributed by atoms with Gasteiger partial charge in [-0.05, 0) is 108 Å². The van der Waals surface area contributed by atoms with Crippen LogP contribution in [-0.4, -0.2) is 0 Å². The first kappa shape index (κ1) is 16.8. The zero-order valence-electron chi connectivity index (χ0n) is 16.6. The van der Waals surface area contributed by atoms with Crippen molar-refractivity contribution in [2.45, 2.75) is 50.9 Å². The van der Waals surface area contributed by atoms with Gasteiger partial charge in [0.15, 0.2) is 0 Å². The summed E-state index contributed by atoms with van der Waals surface area (Å²) in [6, 6.07) is 23.1. The van der Waals surface area contributed by atoms with Gasteiger partial charge in [-0.1, -0.05) is 60.7 Å². The molecule has 4 unspecified atom stereocenters. The van der Waals surface area contributed by atoms with Crippen LogP contribution in [0.25, 0.3) is 10.8 Å². The van der Waals surface area contributed by atoms with Crippen LogP contribution in [0.1, 0.15) is 53.9 Å². The van der Waals surface area contributed by atoms with E-state index in [4.69, 9.17) is 0 Å². The molecule has 0 heteroatoms. The van der Waals surface area contributed by atoms with Crippen molar-refractivity contribution in [3.8, 4) is 0 Å². The lowest BCUT2D eigenvalue weighted by atomic mass is 9.61. The minimum Gasteiger partial charge on any atom is -0.0620 e. The summed E-state index contributed by atoms with van der Waals surface area (Å²) in [6.45, 7) is 0. The van der Waals surface area contributed by atoms with Crippen LogP contribution in [0.5, 0.6) is 0 Å². The molecule has 1 fully saturated rings. The third-order valence-electron chi connectivity index (χ3n) is 7.91. The molecule has 0 N–H and O–H groups in total. The van der Waals surface area contributed by atoms with E-state index in [1.165, 1.54) is 55.7 Å². The number of hydrogen-bond donors (Lipinski definition) is 0. The summed E-state index contributed by atoms with van der Waals surface area (Å²) < 4.78 is 0. The lowest BCUT2D eigenvalue weighted by molar-refractivity contribution is 0.209. The molecular weight excluding hydrogens is 336 g/mol.